The van der Waals surface area contributed by atoms with E-state index in [1.165, 1.54) is 11.8 Å². The van der Waals surface area contributed by atoms with Crippen molar-refractivity contribution in [3.05, 3.63) is 106 Å². The Morgan fingerprint density at radius 3 is 2.56 bits per heavy atom. The molecule has 10 heteroatoms. The first kappa shape index (κ1) is 28.6. The van der Waals surface area contributed by atoms with E-state index in [0.29, 0.717) is 44.6 Å². The molecule has 0 aliphatic carbocycles. The third kappa shape index (κ3) is 6.52. The van der Waals surface area contributed by atoms with E-state index >= 15 is 0 Å². The molecule has 1 N–H and O–H groups in total. The number of esters is 1. The second kappa shape index (κ2) is 12.7. The third-order valence-corrected chi connectivity index (χ3v) is 7.70. The molecule has 0 saturated carbocycles. The predicted molar refractivity (Wildman–Crippen MR) is 160 cm³/mol. The molecule has 0 bridgehead atoms. The number of rotatable bonds is 10. The summed E-state index contributed by atoms with van der Waals surface area (Å²) in [5.74, 6) is 1.84. The van der Waals surface area contributed by atoms with Crippen molar-refractivity contribution in [2.45, 2.75) is 50.4 Å². The Balaban J connectivity index is 1.50. The molecule has 1 atom stereocenters. The fourth-order valence-corrected chi connectivity index (χ4v) is 5.64. The van der Waals surface area contributed by atoms with Crippen LogP contribution in [-0.4, -0.2) is 33.9 Å². The summed E-state index contributed by atoms with van der Waals surface area (Å²) in [5, 5.41) is 9.31. The lowest BCUT2D eigenvalue weighted by Crippen LogP contribution is -2.29. The van der Waals surface area contributed by atoms with Gasteiger partial charge in [-0.05, 0) is 55.7 Å². The largest absolute Gasteiger partial charge is 0.493 e. The van der Waals surface area contributed by atoms with Crippen molar-refractivity contribution in [1.82, 2.24) is 14.8 Å². The van der Waals surface area contributed by atoms with E-state index < -0.39 is 12.0 Å². The van der Waals surface area contributed by atoms with Gasteiger partial charge >= 0.3 is 5.97 Å². The Morgan fingerprint density at radius 2 is 1.83 bits per heavy atom. The highest BCUT2D eigenvalue weighted by Crippen LogP contribution is 2.40. The van der Waals surface area contributed by atoms with Crippen LogP contribution in [0.4, 0.5) is 5.95 Å². The number of aromatic nitrogens is 3. The van der Waals surface area contributed by atoms with E-state index in [1.54, 1.807) is 11.8 Å². The van der Waals surface area contributed by atoms with E-state index in [4.69, 9.17) is 35.9 Å². The number of methoxy groups -OCH3 is 1. The molecule has 41 heavy (non-hydrogen) atoms. The fourth-order valence-electron chi connectivity index (χ4n) is 4.53. The maximum absolute atomic E-state index is 13.6. The van der Waals surface area contributed by atoms with Crippen LogP contribution in [0.3, 0.4) is 0 Å². The summed E-state index contributed by atoms with van der Waals surface area (Å²) >= 11 is 7.83. The van der Waals surface area contributed by atoms with Gasteiger partial charge in [0, 0.05) is 16.5 Å². The monoisotopic (exact) mass is 590 g/mol. The molecule has 1 unspecified atom stereocenters. The minimum Gasteiger partial charge on any atom is -0.493 e. The number of fused-ring (bicyclic) bond motifs is 1. The molecule has 0 spiro atoms. The number of halogens is 1. The summed E-state index contributed by atoms with van der Waals surface area (Å²) in [6.45, 7) is 5.90. The quantitative estimate of drug-likeness (QED) is 0.155. The lowest BCUT2D eigenvalue weighted by molar-refractivity contribution is -0.140. The van der Waals surface area contributed by atoms with Gasteiger partial charge in [-0.3, -0.25) is 0 Å². The number of carbonyl (C=O) groups excluding carboxylic acids is 1. The molecule has 0 radical (unpaired) electrons. The number of anilines is 1. The maximum atomic E-state index is 13.6. The highest BCUT2D eigenvalue weighted by Gasteiger charge is 2.36. The van der Waals surface area contributed by atoms with Gasteiger partial charge in [0.1, 0.15) is 12.6 Å². The topological polar surface area (TPSA) is 87.5 Å². The van der Waals surface area contributed by atoms with Crippen molar-refractivity contribution < 1.29 is 19.0 Å². The average molecular weight is 591 g/mol. The van der Waals surface area contributed by atoms with E-state index in [0.717, 1.165) is 16.7 Å². The van der Waals surface area contributed by atoms with Crippen LogP contribution in [0.15, 0.2) is 89.2 Å². The van der Waals surface area contributed by atoms with Gasteiger partial charge in [-0.2, -0.15) is 4.98 Å². The molecule has 1 aliphatic heterocycles. The lowest BCUT2D eigenvalue weighted by atomic mass is 9.95. The summed E-state index contributed by atoms with van der Waals surface area (Å²) in [7, 11) is 1.59. The Bertz CT molecular complexity index is 1570. The summed E-state index contributed by atoms with van der Waals surface area (Å²) in [6, 6.07) is 22.3. The van der Waals surface area contributed by atoms with Gasteiger partial charge in [0.25, 0.3) is 0 Å². The standard InChI is InChI=1S/C31H31ClN4O4S/c1-19(2)40-25-15-14-22(16-26(25)38-4)28-27(29(37)39-17-21-10-6-5-7-11-21)20(3)33-30-34-31(35-36(28)30)41-18-23-12-8-9-13-24(23)32/h5-16,19,28H,17-18H2,1-4H3,(H,33,34,35). The molecule has 2 heterocycles. The van der Waals surface area contributed by atoms with Crippen molar-refractivity contribution in [2.24, 2.45) is 0 Å². The van der Waals surface area contributed by atoms with Crippen LogP contribution < -0.4 is 14.8 Å². The highest BCUT2D eigenvalue weighted by atomic mass is 35.5. The molecule has 5 rings (SSSR count). The van der Waals surface area contributed by atoms with Crippen LogP contribution in [0.25, 0.3) is 0 Å². The molecule has 8 nitrogen and oxygen atoms in total. The molecule has 4 aromatic rings. The second-order valence-electron chi connectivity index (χ2n) is 9.75. The molecular weight excluding hydrogens is 560 g/mol. The van der Waals surface area contributed by atoms with Gasteiger partial charge in [-0.1, -0.05) is 78.0 Å². The number of benzene rings is 3. The van der Waals surface area contributed by atoms with E-state index in [9.17, 15) is 4.79 Å². The minimum absolute atomic E-state index is 0.0288. The SMILES string of the molecule is COc1cc(C2C(C(=O)OCc3ccccc3)=C(C)Nc3nc(SCc4ccccc4Cl)nn32)ccc1OC(C)C. The van der Waals surface area contributed by atoms with E-state index in [1.807, 2.05) is 93.6 Å². The number of ether oxygens (including phenoxy) is 3. The van der Waals surface area contributed by atoms with Gasteiger partial charge in [-0.25, -0.2) is 9.48 Å². The molecule has 0 saturated heterocycles. The average Bonchev–Trinajstić information content (AvgIpc) is 3.37. The Morgan fingerprint density at radius 1 is 1.07 bits per heavy atom. The van der Waals surface area contributed by atoms with Crippen LogP contribution in [-0.2, 0) is 21.9 Å². The molecule has 1 aromatic heterocycles. The third-order valence-electron chi connectivity index (χ3n) is 6.45. The van der Waals surface area contributed by atoms with Crippen LogP contribution in [0.2, 0.25) is 5.02 Å². The first-order valence-electron chi connectivity index (χ1n) is 13.2. The smallest absolute Gasteiger partial charge is 0.338 e. The molecule has 212 valence electrons. The fraction of sp³-hybridized carbons (Fsp3) is 0.258. The van der Waals surface area contributed by atoms with Crippen molar-refractivity contribution >= 4 is 35.3 Å². The van der Waals surface area contributed by atoms with Crippen LogP contribution in [0.5, 0.6) is 11.5 Å². The van der Waals surface area contributed by atoms with Gasteiger partial charge in [0.05, 0.1) is 18.8 Å². The molecule has 1 aliphatic rings. The molecule has 0 amide bonds. The zero-order chi connectivity index (χ0) is 28.9. The summed E-state index contributed by atoms with van der Waals surface area (Å²) in [5.41, 5.74) is 3.73. The summed E-state index contributed by atoms with van der Waals surface area (Å²) in [6.07, 6.45) is -0.0288. The Hall–Kier alpha value is -3.95. The minimum atomic E-state index is -0.612. The number of carbonyl (C=O) groups is 1. The van der Waals surface area contributed by atoms with Crippen molar-refractivity contribution in [1.29, 1.82) is 0 Å². The van der Waals surface area contributed by atoms with Gasteiger partial charge in [0.2, 0.25) is 11.1 Å². The normalized spacial score (nSPS) is 14.4. The first-order chi connectivity index (χ1) is 19.8. The first-order valence-corrected chi connectivity index (χ1v) is 14.6. The van der Waals surface area contributed by atoms with Crippen LogP contribution in [0.1, 0.15) is 43.5 Å². The van der Waals surface area contributed by atoms with Gasteiger partial charge < -0.3 is 19.5 Å². The van der Waals surface area contributed by atoms with E-state index in [-0.39, 0.29) is 12.7 Å². The predicted octanol–water partition coefficient (Wildman–Crippen LogP) is 7.05. The number of hydrogen-bond donors (Lipinski definition) is 1. The number of nitrogens with one attached hydrogen (secondary N) is 1. The van der Waals surface area contributed by atoms with Crippen molar-refractivity contribution in [3.63, 3.8) is 0 Å². The van der Waals surface area contributed by atoms with Gasteiger partial charge in [0.15, 0.2) is 11.5 Å². The Kier molecular flexibility index (Phi) is 8.85. The zero-order valence-electron chi connectivity index (χ0n) is 23.3. The van der Waals surface area contributed by atoms with Crippen molar-refractivity contribution in [3.8, 4) is 11.5 Å². The number of hydrogen-bond acceptors (Lipinski definition) is 8. The second-order valence-corrected chi connectivity index (χ2v) is 11.1. The van der Waals surface area contributed by atoms with Crippen LogP contribution >= 0.6 is 23.4 Å². The maximum Gasteiger partial charge on any atom is 0.338 e. The zero-order valence-corrected chi connectivity index (χ0v) is 24.8. The Labute approximate surface area is 248 Å². The highest BCUT2D eigenvalue weighted by molar-refractivity contribution is 7.98. The molecule has 0 fully saturated rings. The van der Waals surface area contributed by atoms with Crippen molar-refractivity contribution in [2.75, 3.05) is 12.4 Å². The lowest BCUT2D eigenvalue weighted by Gasteiger charge is -2.28. The number of allylic oxidation sites excluding steroid dienone is 1. The summed E-state index contributed by atoms with van der Waals surface area (Å²) < 4.78 is 19.1. The molecular formula is C31H31ClN4O4S. The number of nitrogens with zero attached hydrogens (tertiary/aromatic N) is 3. The summed E-state index contributed by atoms with van der Waals surface area (Å²) in [4.78, 5) is 18.4. The molecule has 3 aromatic carbocycles. The van der Waals surface area contributed by atoms with Gasteiger partial charge in [-0.15, -0.1) is 5.10 Å². The number of thioether (sulfide) groups is 1. The van der Waals surface area contributed by atoms with Crippen LogP contribution in [0, 0.1) is 0 Å². The van der Waals surface area contributed by atoms with E-state index in [2.05, 4.69) is 5.32 Å².